The van der Waals surface area contributed by atoms with Gasteiger partial charge in [-0.25, -0.2) is 0 Å². The molecule has 0 aliphatic heterocycles. The van der Waals surface area contributed by atoms with Gasteiger partial charge in [-0.15, -0.1) is 0 Å². The normalized spacial score (nSPS) is 10.1. The summed E-state index contributed by atoms with van der Waals surface area (Å²) in [4.78, 5) is 12.6. The van der Waals surface area contributed by atoms with Crippen LogP contribution >= 0.6 is 0 Å². The fraction of sp³-hybridized carbons (Fsp3) is 0.278. The SMILES string of the molecule is COc1cc(OC)c(C(=O)NCc2cccc(C)c2)c(OC)c1. The van der Waals surface area contributed by atoms with E-state index < -0.39 is 0 Å². The van der Waals surface area contributed by atoms with E-state index in [1.54, 1.807) is 19.2 Å². The van der Waals surface area contributed by atoms with Crippen molar-refractivity contribution in [2.24, 2.45) is 0 Å². The zero-order chi connectivity index (χ0) is 16.8. The third-order valence-electron chi connectivity index (χ3n) is 3.48. The second kappa shape index (κ2) is 7.54. The highest BCUT2D eigenvalue weighted by Crippen LogP contribution is 2.33. The summed E-state index contributed by atoms with van der Waals surface area (Å²) in [7, 11) is 4.56. The Balaban J connectivity index is 2.24. The molecular formula is C18H21NO4. The zero-order valence-corrected chi connectivity index (χ0v) is 13.8. The van der Waals surface area contributed by atoms with Gasteiger partial charge in [0.25, 0.3) is 5.91 Å². The van der Waals surface area contributed by atoms with Gasteiger partial charge >= 0.3 is 0 Å². The van der Waals surface area contributed by atoms with Crippen LogP contribution in [-0.4, -0.2) is 27.2 Å². The number of methoxy groups -OCH3 is 3. The number of carbonyl (C=O) groups is 1. The van der Waals surface area contributed by atoms with E-state index in [0.29, 0.717) is 29.4 Å². The van der Waals surface area contributed by atoms with Gasteiger partial charge in [-0.05, 0) is 12.5 Å². The van der Waals surface area contributed by atoms with Crippen LogP contribution in [0.25, 0.3) is 0 Å². The van der Waals surface area contributed by atoms with Gasteiger partial charge in [-0.1, -0.05) is 29.8 Å². The van der Waals surface area contributed by atoms with Crippen LogP contribution in [0.3, 0.4) is 0 Å². The van der Waals surface area contributed by atoms with E-state index in [0.717, 1.165) is 11.1 Å². The Morgan fingerprint density at radius 1 is 1.00 bits per heavy atom. The van der Waals surface area contributed by atoms with E-state index in [1.165, 1.54) is 14.2 Å². The standard InChI is InChI=1S/C18H21NO4/c1-12-6-5-7-13(8-12)11-19-18(20)17-15(22-3)9-14(21-2)10-16(17)23-4/h5-10H,11H2,1-4H3,(H,19,20). The predicted octanol–water partition coefficient (Wildman–Crippen LogP) is 2.95. The lowest BCUT2D eigenvalue weighted by atomic mass is 10.1. The highest BCUT2D eigenvalue weighted by molar-refractivity contribution is 6.00. The van der Waals surface area contributed by atoms with Crippen molar-refractivity contribution < 1.29 is 19.0 Å². The van der Waals surface area contributed by atoms with Gasteiger partial charge in [0.2, 0.25) is 0 Å². The second-order valence-corrected chi connectivity index (χ2v) is 5.08. The minimum absolute atomic E-state index is 0.261. The molecule has 5 nitrogen and oxygen atoms in total. The Kier molecular flexibility index (Phi) is 5.46. The maximum atomic E-state index is 12.6. The molecule has 0 saturated carbocycles. The van der Waals surface area contributed by atoms with Crippen LogP contribution in [0.2, 0.25) is 0 Å². The summed E-state index contributed by atoms with van der Waals surface area (Å²) in [5.41, 5.74) is 2.53. The Hall–Kier alpha value is -2.69. The number of hydrogen-bond acceptors (Lipinski definition) is 4. The largest absolute Gasteiger partial charge is 0.496 e. The molecule has 2 aromatic rings. The van der Waals surface area contributed by atoms with Crippen LogP contribution in [-0.2, 0) is 6.54 Å². The molecule has 0 aromatic heterocycles. The van der Waals surface area contributed by atoms with Gasteiger partial charge in [0.15, 0.2) is 0 Å². The van der Waals surface area contributed by atoms with Crippen molar-refractivity contribution in [1.82, 2.24) is 5.32 Å². The van der Waals surface area contributed by atoms with Crippen LogP contribution < -0.4 is 19.5 Å². The van der Waals surface area contributed by atoms with Crippen molar-refractivity contribution in [2.45, 2.75) is 13.5 Å². The number of amides is 1. The van der Waals surface area contributed by atoms with Crippen molar-refractivity contribution in [3.63, 3.8) is 0 Å². The average Bonchev–Trinajstić information content (AvgIpc) is 2.58. The predicted molar refractivity (Wildman–Crippen MR) is 88.4 cm³/mol. The van der Waals surface area contributed by atoms with Gasteiger partial charge in [-0.3, -0.25) is 4.79 Å². The Morgan fingerprint density at radius 3 is 2.17 bits per heavy atom. The van der Waals surface area contributed by atoms with E-state index in [1.807, 2.05) is 31.2 Å². The van der Waals surface area contributed by atoms with Crippen molar-refractivity contribution in [2.75, 3.05) is 21.3 Å². The molecule has 122 valence electrons. The highest BCUT2D eigenvalue weighted by Gasteiger charge is 2.20. The van der Waals surface area contributed by atoms with Gasteiger partial charge < -0.3 is 19.5 Å². The Bertz CT molecular complexity index is 672. The topological polar surface area (TPSA) is 56.8 Å². The molecular weight excluding hydrogens is 294 g/mol. The minimum atomic E-state index is -0.261. The third-order valence-corrected chi connectivity index (χ3v) is 3.48. The summed E-state index contributed by atoms with van der Waals surface area (Å²) in [5.74, 6) is 1.11. The van der Waals surface area contributed by atoms with E-state index in [2.05, 4.69) is 5.32 Å². The monoisotopic (exact) mass is 315 g/mol. The summed E-state index contributed by atoms with van der Waals surface area (Å²) >= 11 is 0. The molecule has 1 amide bonds. The van der Waals surface area contributed by atoms with E-state index in [-0.39, 0.29) is 5.91 Å². The average molecular weight is 315 g/mol. The molecule has 0 aliphatic carbocycles. The molecule has 0 radical (unpaired) electrons. The van der Waals surface area contributed by atoms with Crippen molar-refractivity contribution >= 4 is 5.91 Å². The number of carbonyl (C=O) groups excluding carboxylic acids is 1. The number of aryl methyl sites for hydroxylation is 1. The lowest BCUT2D eigenvalue weighted by Crippen LogP contribution is -2.24. The molecule has 0 aliphatic rings. The van der Waals surface area contributed by atoms with Crippen molar-refractivity contribution in [3.05, 3.63) is 53.1 Å². The number of hydrogen-bond donors (Lipinski definition) is 1. The fourth-order valence-electron chi connectivity index (χ4n) is 2.32. The molecule has 0 spiro atoms. The van der Waals surface area contributed by atoms with Crippen LogP contribution in [0, 0.1) is 6.92 Å². The first-order valence-corrected chi connectivity index (χ1v) is 7.22. The second-order valence-electron chi connectivity index (χ2n) is 5.08. The van der Waals surface area contributed by atoms with Crippen LogP contribution in [0.4, 0.5) is 0 Å². The molecule has 2 aromatic carbocycles. The molecule has 0 atom stereocenters. The molecule has 0 unspecified atom stereocenters. The summed E-state index contributed by atoms with van der Waals surface area (Å²) in [6.45, 7) is 2.44. The quantitative estimate of drug-likeness (QED) is 0.890. The van der Waals surface area contributed by atoms with Gasteiger partial charge in [0, 0.05) is 18.7 Å². The molecule has 0 heterocycles. The van der Waals surface area contributed by atoms with Crippen molar-refractivity contribution in [3.8, 4) is 17.2 Å². The molecule has 0 bridgehead atoms. The van der Waals surface area contributed by atoms with Crippen molar-refractivity contribution in [1.29, 1.82) is 0 Å². The van der Waals surface area contributed by atoms with Gasteiger partial charge in [-0.2, -0.15) is 0 Å². The fourth-order valence-corrected chi connectivity index (χ4v) is 2.32. The maximum absolute atomic E-state index is 12.6. The summed E-state index contributed by atoms with van der Waals surface area (Å²) in [6.07, 6.45) is 0. The minimum Gasteiger partial charge on any atom is -0.496 e. The molecule has 23 heavy (non-hydrogen) atoms. The lowest BCUT2D eigenvalue weighted by Gasteiger charge is -2.15. The first kappa shape index (κ1) is 16.7. The van der Waals surface area contributed by atoms with E-state index in [9.17, 15) is 4.79 Å². The van der Waals surface area contributed by atoms with Crippen LogP contribution in [0.15, 0.2) is 36.4 Å². The smallest absolute Gasteiger partial charge is 0.259 e. The van der Waals surface area contributed by atoms with Gasteiger partial charge in [0.1, 0.15) is 22.8 Å². The number of ether oxygens (including phenoxy) is 3. The first-order chi connectivity index (χ1) is 11.1. The Labute approximate surface area is 136 Å². The molecule has 0 saturated heterocycles. The summed E-state index contributed by atoms with van der Waals surface area (Å²) in [5, 5.41) is 2.89. The van der Waals surface area contributed by atoms with E-state index in [4.69, 9.17) is 14.2 Å². The van der Waals surface area contributed by atoms with Crippen LogP contribution in [0.5, 0.6) is 17.2 Å². The number of nitrogens with one attached hydrogen (secondary N) is 1. The molecule has 0 fully saturated rings. The number of rotatable bonds is 6. The Morgan fingerprint density at radius 2 is 1.65 bits per heavy atom. The van der Waals surface area contributed by atoms with E-state index >= 15 is 0 Å². The summed E-state index contributed by atoms with van der Waals surface area (Å²) < 4.78 is 15.8. The summed E-state index contributed by atoms with van der Waals surface area (Å²) in [6, 6.07) is 11.3. The lowest BCUT2D eigenvalue weighted by molar-refractivity contribution is 0.0944. The third kappa shape index (κ3) is 3.94. The molecule has 2 rings (SSSR count). The van der Waals surface area contributed by atoms with Crippen LogP contribution in [0.1, 0.15) is 21.5 Å². The van der Waals surface area contributed by atoms with Gasteiger partial charge in [0.05, 0.1) is 21.3 Å². The molecule has 1 N–H and O–H groups in total. The molecule has 5 heteroatoms. The highest BCUT2D eigenvalue weighted by atomic mass is 16.5. The number of benzene rings is 2. The first-order valence-electron chi connectivity index (χ1n) is 7.22. The zero-order valence-electron chi connectivity index (χ0n) is 13.8. The maximum Gasteiger partial charge on any atom is 0.259 e.